The Morgan fingerprint density at radius 3 is 2.18 bits per heavy atom. The number of hydrogen-bond acceptors (Lipinski definition) is 7. The Bertz CT molecular complexity index is 1500. The van der Waals surface area contributed by atoms with E-state index in [9.17, 15) is 19.5 Å². The van der Waals surface area contributed by atoms with E-state index in [4.69, 9.17) is 9.47 Å². The first-order valence-corrected chi connectivity index (χ1v) is 14.3. The van der Waals surface area contributed by atoms with Crippen LogP contribution in [-0.4, -0.2) is 53.9 Å². The van der Waals surface area contributed by atoms with Crippen molar-refractivity contribution >= 4 is 23.8 Å². The maximum absolute atomic E-state index is 13.4. The maximum atomic E-state index is 13.4. The molecule has 0 aliphatic heterocycles. The minimum atomic E-state index is -1.14. The molecule has 10 heteroatoms. The fourth-order valence-electron chi connectivity index (χ4n) is 4.44. The number of hydrogen-bond donors (Lipinski definition) is 4. The molecular weight excluding hydrogens is 560 g/mol. The van der Waals surface area contributed by atoms with Gasteiger partial charge in [0.25, 0.3) is 0 Å². The number of aliphatic carboxylic acids is 1. The van der Waals surface area contributed by atoms with Gasteiger partial charge in [0.2, 0.25) is 5.91 Å². The summed E-state index contributed by atoms with van der Waals surface area (Å²) in [4.78, 5) is 42.2. The number of nitrogens with one attached hydrogen (secondary N) is 3. The van der Waals surface area contributed by atoms with Gasteiger partial charge in [-0.15, -0.1) is 0 Å². The fourth-order valence-corrected chi connectivity index (χ4v) is 4.44. The highest BCUT2D eigenvalue weighted by Gasteiger charge is 2.26. The molecule has 1 aromatic heterocycles. The average Bonchev–Trinajstić information content (AvgIpc) is 3.03. The second-order valence-electron chi connectivity index (χ2n) is 10.1. The number of amides is 2. The lowest BCUT2D eigenvalue weighted by atomic mass is 9.99. The summed E-state index contributed by atoms with van der Waals surface area (Å²) in [6.45, 7) is 2.27. The number of ether oxygens (including phenoxy) is 2. The van der Waals surface area contributed by atoms with Crippen molar-refractivity contribution in [1.29, 1.82) is 0 Å². The third-order valence-corrected chi connectivity index (χ3v) is 6.65. The Hall–Kier alpha value is -5.22. The number of anilines is 1. The quantitative estimate of drug-likeness (QED) is 0.139. The van der Waals surface area contributed by atoms with E-state index in [0.717, 1.165) is 22.4 Å². The van der Waals surface area contributed by atoms with Crippen molar-refractivity contribution < 1.29 is 29.0 Å². The number of carboxylic acids is 1. The molecule has 0 spiro atoms. The number of rotatable bonds is 15. The zero-order chi connectivity index (χ0) is 31.1. The van der Waals surface area contributed by atoms with Crippen LogP contribution in [0, 0.1) is 6.92 Å². The van der Waals surface area contributed by atoms with Gasteiger partial charge in [-0.3, -0.25) is 9.59 Å². The Morgan fingerprint density at radius 2 is 1.50 bits per heavy atom. The molecule has 3 aromatic carbocycles. The van der Waals surface area contributed by atoms with Crippen molar-refractivity contribution in [3.8, 4) is 11.1 Å². The first-order chi connectivity index (χ1) is 21.4. The Balaban J connectivity index is 1.40. The average molecular weight is 597 g/mol. The summed E-state index contributed by atoms with van der Waals surface area (Å²) in [6.07, 6.45) is -1.16. The van der Waals surface area contributed by atoms with Gasteiger partial charge in [-0.05, 0) is 41.3 Å². The summed E-state index contributed by atoms with van der Waals surface area (Å²) >= 11 is 0. The molecule has 4 N–H and O–H groups in total. The van der Waals surface area contributed by atoms with Crippen molar-refractivity contribution in [3.05, 3.63) is 120 Å². The number of aromatic nitrogens is 1. The highest BCUT2D eigenvalue weighted by molar-refractivity contribution is 5.86. The van der Waals surface area contributed by atoms with Crippen LogP contribution >= 0.6 is 0 Å². The summed E-state index contributed by atoms with van der Waals surface area (Å²) in [5.41, 5.74) is 4.34. The molecule has 0 aliphatic carbocycles. The van der Waals surface area contributed by atoms with Crippen LogP contribution in [0.1, 0.15) is 29.3 Å². The number of pyridine rings is 1. The Morgan fingerprint density at radius 1 is 0.818 bits per heavy atom. The first-order valence-electron chi connectivity index (χ1n) is 14.3. The molecule has 0 saturated heterocycles. The molecule has 228 valence electrons. The van der Waals surface area contributed by atoms with E-state index in [-0.39, 0.29) is 26.2 Å². The van der Waals surface area contributed by atoms with Gasteiger partial charge in [0.15, 0.2) is 0 Å². The topological polar surface area (TPSA) is 139 Å². The van der Waals surface area contributed by atoms with Crippen molar-refractivity contribution in [2.45, 2.75) is 32.0 Å². The van der Waals surface area contributed by atoms with Gasteiger partial charge in [0.1, 0.15) is 18.5 Å². The van der Waals surface area contributed by atoms with Gasteiger partial charge in [0.05, 0.1) is 32.2 Å². The van der Waals surface area contributed by atoms with Crippen LogP contribution in [-0.2, 0) is 25.7 Å². The van der Waals surface area contributed by atoms with E-state index in [1.807, 2.05) is 91.9 Å². The van der Waals surface area contributed by atoms with E-state index in [2.05, 4.69) is 20.9 Å². The Labute approximate surface area is 256 Å². The third kappa shape index (κ3) is 10.2. The zero-order valence-electron chi connectivity index (χ0n) is 24.4. The molecule has 0 radical (unpaired) electrons. The van der Waals surface area contributed by atoms with Gasteiger partial charge in [-0.2, -0.15) is 0 Å². The minimum absolute atomic E-state index is 0.0239. The van der Waals surface area contributed by atoms with Crippen LogP contribution in [0.5, 0.6) is 0 Å². The van der Waals surface area contributed by atoms with Crippen molar-refractivity contribution in [2.24, 2.45) is 0 Å². The van der Waals surface area contributed by atoms with Crippen LogP contribution in [0.4, 0.5) is 10.6 Å². The Kier molecular flexibility index (Phi) is 11.8. The summed E-state index contributed by atoms with van der Waals surface area (Å²) < 4.78 is 11.0. The van der Waals surface area contributed by atoms with Crippen LogP contribution in [0.15, 0.2) is 103 Å². The van der Waals surface area contributed by atoms with Crippen LogP contribution in [0.3, 0.4) is 0 Å². The molecule has 0 saturated carbocycles. The first kappa shape index (κ1) is 31.7. The highest BCUT2D eigenvalue weighted by Crippen LogP contribution is 2.23. The van der Waals surface area contributed by atoms with Crippen molar-refractivity contribution in [1.82, 2.24) is 15.6 Å². The van der Waals surface area contributed by atoms with Gasteiger partial charge >= 0.3 is 12.1 Å². The highest BCUT2D eigenvalue weighted by atomic mass is 16.5. The molecule has 2 amide bonds. The number of carbonyl (C=O) groups is 3. The molecule has 1 heterocycles. The van der Waals surface area contributed by atoms with Crippen LogP contribution in [0.25, 0.3) is 11.1 Å². The number of carbonyl (C=O) groups excluding carboxylic acids is 2. The lowest BCUT2D eigenvalue weighted by molar-refractivity contribution is -0.138. The van der Waals surface area contributed by atoms with Gasteiger partial charge in [-0.25, -0.2) is 9.78 Å². The van der Waals surface area contributed by atoms with E-state index >= 15 is 0 Å². The van der Waals surface area contributed by atoms with E-state index < -0.39 is 30.1 Å². The third-order valence-electron chi connectivity index (χ3n) is 6.65. The van der Waals surface area contributed by atoms with Crippen LogP contribution in [0.2, 0.25) is 0 Å². The summed E-state index contributed by atoms with van der Waals surface area (Å²) in [7, 11) is 0. The number of aryl methyl sites for hydroxylation is 1. The summed E-state index contributed by atoms with van der Waals surface area (Å²) in [6, 6.07) is 30.1. The summed E-state index contributed by atoms with van der Waals surface area (Å²) in [5, 5.41) is 18.0. The van der Waals surface area contributed by atoms with E-state index in [1.165, 1.54) is 0 Å². The molecule has 0 aliphatic rings. The van der Waals surface area contributed by atoms with Gasteiger partial charge < -0.3 is 30.5 Å². The monoisotopic (exact) mass is 596 g/mol. The molecule has 4 aromatic rings. The standard InChI is InChI=1S/C34H36N4O6/c1-24-9-8-14-31(36-24)35-19-20-44-34(42)38-30(23-43-22-25-10-4-2-5-11-25)33(41)37-29(21-32(39)40)28-17-15-27(16-18-28)26-12-6-3-7-13-26/h2-18,29-30H,19-23H2,1H3,(H,35,36)(H,37,41)(H,38,42)(H,39,40). The number of benzene rings is 3. The molecule has 2 unspecified atom stereocenters. The van der Waals surface area contributed by atoms with Crippen molar-refractivity contribution in [2.75, 3.05) is 25.1 Å². The second kappa shape index (κ2) is 16.4. The van der Waals surface area contributed by atoms with Gasteiger partial charge in [0, 0.05) is 5.69 Å². The van der Waals surface area contributed by atoms with E-state index in [0.29, 0.717) is 17.9 Å². The molecule has 44 heavy (non-hydrogen) atoms. The predicted octanol–water partition coefficient (Wildman–Crippen LogP) is 5.11. The number of nitrogens with zero attached hydrogens (tertiary/aromatic N) is 1. The van der Waals surface area contributed by atoms with Crippen LogP contribution < -0.4 is 16.0 Å². The second-order valence-corrected chi connectivity index (χ2v) is 10.1. The molecule has 0 fully saturated rings. The lowest BCUT2D eigenvalue weighted by Crippen LogP contribution is -2.50. The fraction of sp³-hybridized carbons (Fsp3) is 0.235. The smallest absolute Gasteiger partial charge is 0.407 e. The SMILES string of the molecule is Cc1cccc(NCCOC(=O)NC(COCc2ccccc2)C(=O)NC(CC(=O)O)c2ccc(-c3ccccc3)cc2)n1. The number of alkyl carbamates (subject to hydrolysis) is 1. The number of carboxylic acid groups (broad SMARTS) is 1. The molecule has 0 bridgehead atoms. The van der Waals surface area contributed by atoms with E-state index in [1.54, 1.807) is 18.2 Å². The predicted molar refractivity (Wildman–Crippen MR) is 167 cm³/mol. The maximum Gasteiger partial charge on any atom is 0.407 e. The molecule has 2 atom stereocenters. The lowest BCUT2D eigenvalue weighted by Gasteiger charge is -2.23. The zero-order valence-corrected chi connectivity index (χ0v) is 24.4. The molecule has 10 nitrogen and oxygen atoms in total. The molecule has 4 rings (SSSR count). The normalized spacial score (nSPS) is 12.0. The summed E-state index contributed by atoms with van der Waals surface area (Å²) in [5.74, 6) is -1.03. The van der Waals surface area contributed by atoms with Crippen molar-refractivity contribution in [3.63, 3.8) is 0 Å². The molecular formula is C34H36N4O6. The largest absolute Gasteiger partial charge is 0.481 e. The van der Waals surface area contributed by atoms with Gasteiger partial charge in [-0.1, -0.05) is 91.0 Å². The minimum Gasteiger partial charge on any atom is -0.481 e.